The zero-order valence-electron chi connectivity index (χ0n) is 12.9. The number of esters is 1. The Bertz CT molecular complexity index is 727. The minimum Gasteiger partial charge on any atom is -0.478 e. The molecule has 2 aromatic rings. The predicted octanol–water partition coefficient (Wildman–Crippen LogP) is 5.00. The standard InChI is InChI=1S/C9H9BrO2.C8H7BrO2/c1-6-5-7(10)3-4-8(6)9(11)12-2;1-5-4-6(9)2-3-7(5)8(10)11/h3-5H,1-2H3;2-4H,1H3,(H,10,11). The molecule has 23 heavy (non-hydrogen) atoms. The molecule has 2 aromatic carbocycles. The van der Waals surface area contributed by atoms with E-state index in [1.807, 2.05) is 19.1 Å². The highest BCUT2D eigenvalue weighted by Gasteiger charge is 2.08. The number of methoxy groups -OCH3 is 1. The molecule has 0 aromatic heterocycles. The van der Waals surface area contributed by atoms with Crippen LogP contribution in [0.1, 0.15) is 31.8 Å². The van der Waals surface area contributed by atoms with E-state index in [9.17, 15) is 9.59 Å². The summed E-state index contributed by atoms with van der Waals surface area (Å²) in [5, 5.41) is 8.64. The monoisotopic (exact) mass is 442 g/mol. The van der Waals surface area contributed by atoms with Gasteiger partial charge in [0.25, 0.3) is 0 Å². The summed E-state index contributed by atoms with van der Waals surface area (Å²) >= 11 is 6.57. The number of carboxylic acid groups (broad SMARTS) is 1. The van der Waals surface area contributed by atoms with Crippen molar-refractivity contribution in [3.8, 4) is 0 Å². The maximum atomic E-state index is 11.1. The molecular formula is C17H16Br2O4. The molecular weight excluding hydrogens is 428 g/mol. The first-order valence-electron chi connectivity index (χ1n) is 6.60. The molecule has 4 nitrogen and oxygen atoms in total. The van der Waals surface area contributed by atoms with E-state index in [2.05, 4.69) is 36.6 Å². The number of carbonyl (C=O) groups is 2. The van der Waals surface area contributed by atoms with E-state index in [1.54, 1.807) is 31.2 Å². The van der Waals surface area contributed by atoms with Crippen molar-refractivity contribution in [3.63, 3.8) is 0 Å². The molecule has 6 heteroatoms. The number of aromatic carboxylic acids is 1. The quantitative estimate of drug-likeness (QED) is 0.663. The smallest absolute Gasteiger partial charge is 0.338 e. The average molecular weight is 444 g/mol. The summed E-state index contributed by atoms with van der Waals surface area (Å²) in [6, 6.07) is 10.5. The van der Waals surface area contributed by atoms with Crippen molar-refractivity contribution < 1.29 is 19.4 Å². The van der Waals surface area contributed by atoms with Gasteiger partial charge in [0.15, 0.2) is 0 Å². The molecule has 0 aliphatic rings. The highest BCUT2D eigenvalue weighted by atomic mass is 79.9. The lowest BCUT2D eigenvalue weighted by Gasteiger charge is -2.02. The van der Waals surface area contributed by atoms with Crippen molar-refractivity contribution in [2.75, 3.05) is 7.11 Å². The second-order valence-electron chi connectivity index (χ2n) is 4.72. The maximum Gasteiger partial charge on any atom is 0.338 e. The van der Waals surface area contributed by atoms with Crippen LogP contribution < -0.4 is 0 Å². The summed E-state index contributed by atoms with van der Waals surface area (Å²) in [5.41, 5.74) is 2.65. The highest BCUT2D eigenvalue weighted by Crippen LogP contribution is 2.16. The van der Waals surface area contributed by atoms with Gasteiger partial charge in [-0.05, 0) is 61.4 Å². The molecule has 0 saturated carbocycles. The summed E-state index contributed by atoms with van der Waals surface area (Å²) in [5.74, 6) is -1.17. The Kier molecular flexibility index (Phi) is 7.45. The molecule has 0 spiro atoms. The zero-order chi connectivity index (χ0) is 17.6. The number of benzene rings is 2. The predicted molar refractivity (Wildman–Crippen MR) is 96.1 cm³/mol. The van der Waals surface area contributed by atoms with Gasteiger partial charge in [0.1, 0.15) is 0 Å². The third-order valence-corrected chi connectivity index (χ3v) is 4.00. The molecule has 122 valence electrons. The Morgan fingerprint density at radius 1 is 0.913 bits per heavy atom. The van der Waals surface area contributed by atoms with Gasteiger partial charge in [0, 0.05) is 8.95 Å². The number of hydrogen-bond donors (Lipinski definition) is 1. The van der Waals surface area contributed by atoms with Crippen molar-refractivity contribution in [1.29, 1.82) is 0 Å². The minimum atomic E-state index is -0.880. The van der Waals surface area contributed by atoms with Crippen LogP contribution in [0.3, 0.4) is 0 Å². The van der Waals surface area contributed by atoms with Crippen LogP contribution in [-0.2, 0) is 4.74 Å². The van der Waals surface area contributed by atoms with Crippen molar-refractivity contribution in [1.82, 2.24) is 0 Å². The summed E-state index contributed by atoms with van der Waals surface area (Å²) in [7, 11) is 1.38. The fourth-order valence-corrected chi connectivity index (χ4v) is 2.78. The summed E-state index contributed by atoms with van der Waals surface area (Å²) < 4.78 is 6.47. The van der Waals surface area contributed by atoms with Gasteiger partial charge in [-0.1, -0.05) is 31.9 Å². The number of hydrogen-bond acceptors (Lipinski definition) is 3. The van der Waals surface area contributed by atoms with Gasteiger partial charge in [-0.3, -0.25) is 0 Å². The van der Waals surface area contributed by atoms with E-state index in [4.69, 9.17) is 5.11 Å². The van der Waals surface area contributed by atoms with Crippen LogP contribution >= 0.6 is 31.9 Å². The SMILES string of the molecule is COC(=O)c1ccc(Br)cc1C.Cc1cc(Br)ccc1C(=O)O. The van der Waals surface area contributed by atoms with Crippen LogP contribution in [0.2, 0.25) is 0 Å². The topological polar surface area (TPSA) is 63.6 Å². The molecule has 0 aliphatic carbocycles. The average Bonchev–Trinajstić information content (AvgIpc) is 2.46. The molecule has 0 radical (unpaired) electrons. The summed E-state index contributed by atoms with van der Waals surface area (Å²) in [6.07, 6.45) is 0. The zero-order valence-corrected chi connectivity index (χ0v) is 16.1. The number of halogens is 2. The van der Waals surface area contributed by atoms with E-state index in [1.165, 1.54) is 7.11 Å². The molecule has 0 saturated heterocycles. The van der Waals surface area contributed by atoms with E-state index in [-0.39, 0.29) is 5.97 Å². The molecule has 0 heterocycles. The van der Waals surface area contributed by atoms with Crippen LogP contribution in [0.4, 0.5) is 0 Å². The first kappa shape index (κ1) is 19.4. The number of carbonyl (C=O) groups excluding carboxylic acids is 1. The number of carboxylic acids is 1. The van der Waals surface area contributed by atoms with Crippen LogP contribution in [0.5, 0.6) is 0 Å². The lowest BCUT2D eigenvalue weighted by atomic mass is 10.1. The van der Waals surface area contributed by atoms with Crippen LogP contribution in [-0.4, -0.2) is 24.2 Å². The Hall–Kier alpha value is -1.66. The van der Waals surface area contributed by atoms with Gasteiger partial charge < -0.3 is 9.84 Å². The van der Waals surface area contributed by atoms with Crippen LogP contribution in [0.15, 0.2) is 45.3 Å². The molecule has 0 fully saturated rings. The van der Waals surface area contributed by atoms with Crippen molar-refractivity contribution in [3.05, 3.63) is 67.6 Å². The van der Waals surface area contributed by atoms with Gasteiger partial charge in [-0.25, -0.2) is 9.59 Å². The van der Waals surface area contributed by atoms with E-state index in [0.717, 1.165) is 20.1 Å². The van der Waals surface area contributed by atoms with E-state index in [0.29, 0.717) is 11.1 Å². The summed E-state index contributed by atoms with van der Waals surface area (Å²) in [4.78, 5) is 21.6. The maximum absolute atomic E-state index is 11.1. The van der Waals surface area contributed by atoms with Crippen molar-refractivity contribution in [2.45, 2.75) is 13.8 Å². The molecule has 1 N–H and O–H groups in total. The van der Waals surface area contributed by atoms with Gasteiger partial charge in [-0.2, -0.15) is 0 Å². The number of ether oxygens (including phenoxy) is 1. The van der Waals surface area contributed by atoms with Gasteiger partial charge >= 0.3 is 11.9 Å². The van der Waals surface area contributed by atoms with E-state index < -0.39 is 5.97 Å². The Morgan fingerprint density at radius 3 is 1.70 bits per heavy atom. The fourth-order valence-electron chi connectivity index (χ4n) is 1.83. The van der Waals surface area contributed by atoms with Crippen molar-refractivity contribution >= 4 is 43.8 Å². The molecule has 0 aliphatic heterocycles. The largest absolute Gasteiger partial charge is 0.478 e. The summed E-state index contributed by atoms with van der Waals surface area (Å²) in [6.45, 7) is 3.64. The molecule has 0 atom stereocenters. The number of rotatable bonds is 2. The molecule has 0 amide bonds. The Balaban J connectivity index is 0.000000231. The van der Waals surface area contributed by atoms with Crippen LogP contribution in [0, 0.1) is 13.8 Å². The van der Waals surface area contributed by atoms with Gasteiger partial charge in [-0.15, -0.1) is 0 Å². The third-order valence-electron chi connectivity index (χ3n) is 3.01. The van der Waals surface area contributed by atoms with Gasteiger partial charge in [0.2, 0.25) is 0 Å². The van der Waals surface area contributed by atoms with E-state index >= 15 is 0 Å². The third kappa shape index (κ3) is 5.80. The minimum absolute atomic E-state index is 0.292. The molecule has 0 unspecified atom stereocenters. The lowest BCUT2D eigenvalue weighted by Crippen LogP contribution is -2.03. The fraction of sp³-hybridized carbons (Fsp3) is 0.176. The second-order valence-corrected chi connectivity index (χ2v) is 6.55. The number of aryl methyl sites for hydroxylation is 2. The Labute approximate surface area is 151 Å². The normalized spacial score (nSPS) is 9.61. The highest BCUT2D eigenvalue weighted by molar-refractivity contribution is 9.10. The molecule has 2 rings (SSSR count). The van der Waals surface area contributed by atoms with Crippen LogP contribution in [0.25, 0.3) is 0 Å². The Morgan fingerprint density at radius 2 is 1.35 bits per heavy atom. The second kappa shape index (κ2) is 8.84. The first-order valence-corrected chi connectivity index (χ1v) is 8.18. The van der Waals surface area contributed by atoms with Crippen molar-refractivity contribution in [2.24, 2.45) is 0 Å². The molecule has 0 bridgehead atoms. The van der Waals surface area contributed by atoms with Gasteiger partial charge in [0.05, 0.1) is 18.2 Å². The first-order chi connectivity index (χ1) is 10.8. The lowest BCUT2D eigenvalue weighted by molar-refractivity contribution is 0.0599.